The summed E-state index contributed by atoms with van der Waals surface area (Å²) in [7, 11) is 1.33. The van der Waals surface area contributed by atoms with E-state index < -0.39 is 20.9 Å². The number of rotatable bonds is 5. The molecule has 8 heteroatoms. The third-order valence-corrected chi connectivity index (χ3v) is 3.81. The van der Waals surface area contributed by atoms with Gasteiger partial charge in [-0.2, -0.15) is 0 Å². The Hall–Kier alpha value is -0.980. The summed E-state index contributed by atoms with van der Waals surface area (Å²) in [6.07, 6.45) is 0. The Kier molecular flexibility index (Phi) is 4.84. The first-order valence-electron chi connectivity index (χ1n) is 4.88. The number of nitrogens with two attached hydrogens (primary N) is 1. The summed E-state index contributed by atoms with van der Waals surface area (Å²) >= 11 is 5.83. The fraction of sp³-hybridized carbons (Fsp3) is 0.300. The second-order valence-electron chi connectivity index (χ2n) is 3.64. The zero-order valence-electron chi connectivity index (χ0n) is 9.39. The molecule has 0 aliphatic rings. The van der Waals surface area contributed by atoms with Gasteiger partial charge in [0.05, 0.1) is 22.4 Å². The number of amides is 1. The minimum atomic E-state index is -3.83. The van der Waals surface area contributed by atoms with Crippen LogP contribution in [0.5, 0.6) is 5.75 Å². The molecule has 0 aliphatic heterocycles. The quantitative estimate of drug-likeness (QED) is 0.839. The maximum atomic E-state index is 11.1. The molecule has 0 saturated heterocycles. The molecule has 100 valence electrons. The van der Waals surface area contributed by atoms with Crippen LogP contribution in [0.15, 0.2) is 23.1 Å². The van der Waals surface area contributed by atoms with Crippen LogP contribution in [0.4, 0.5) is 0 Å². The van der Waals surface area contributed by atoms with Crippen molar-refractivity contribution >= 4 is 37.2 Å². The highest BCUT2D eigenvalue weighted by molar-refractivity contribution is 8.13. The van der Waals surface area contributed by atoms with Gasteiger partial charge in [0.2, 0.25) is 5.91 Å². The number of ether oxygens (including phenoxy) is 1. The van der Waals surface area contributed by atoms with Crippen molar-refractivity contribution in [2.75, 3.05) is 6.61 Å². The van der Waals surface area contributed by atoms with Crippen LogP contribution in [0.2, 0.25) is 5.02 Å². The summed E-state index contributed by atoms with van der Waals surface area (Å²) in [5.74, 6) is -0.711. The van der Waals surface area contributed by atoms with Crippen molar-refractivity contribution in [2.45, 2.75) is 11.8 Å². The van der Waals surface area contributed by atoms with E-state index in [4.69, 9.17) is 32.8 Å². The Morgan fingerprint density at radius 2 is 2.11 bits per heavy atom. The fourth-order valence-electron chi connectivity index (χ4n) is 1.05. The van der Waals surface area contributed by atoms with E-state index in [0.717, 1.165) is 0 Å². The second-order valence-corrected chi connectivity index (χ2v) is 6.62. The number of carbonyl (C=O) groups is 1. The summed E-state index contributed by atoms with van der Waals surface area (Å²) < 4.78 is 27.4. The molecule has 0 radical (unpaired) electrons. The minimum absolute atomic E-state index is 0.0576. The van der Waals surface area contributed by atoms with E-state index in [0.29, 0.717) is 0 Å². The van der Waals surface area contributed by atoms with Gasteiger partial charge in [0.25, 0.3) is 9.05 Å². The Labute approximate surface area is 114 Å². The van der Waals surface area contributed by atoms with Crippen LogP contribution < -0.4 is 10.5 Å². The molecule has 0 heterocycles. The van der Waals surface area contributed by atoms with Crippen molar-refractivity contribution in [1.29, 1.82) is 0 Å². The highest BCUT2D eigenvalue weighted by Crippen LogP contribution is 2.28. The molecule has 1 amide bonds. The highest BCUT2D eigenvalue weighted by atomic mass is 35.7. The van der Waals surface area contributed by atoms with Crippen LogP contribution in [0, 0.1) is 5.92 Å². The van der Waals surface area contributed by atoms with Gasteiger partial charge in [0.1, 0.15) is 5.75 Å². The van der Waals surface area contributed by atoms with E-state index in [2.05, 4.69) is 0 Å². The molecule has 2 N–H and O–H groups in total. The number of benzene rings is 1. The van der Waals surface area contributed by atoms with Crippen LogP contribution in [-0.2, 0) is 13.8 Å². The molecule has 0 aliphatic carbocycles. The van der Waals surface area contributed by atoms with Gasteiger partial charge in [-0.15, -0.1) is 0 Å². The smallest absolute Gasteiger partial charge is 0.261 e. The van der Waals surface area contributed by atoms with Crippen molar-refractivity contribution in [3.8, 4) is 5.75 Å². The molecule has 18 heavy (non-hydrogen) atoms. The highest BCUT2D eigenvalue weighted by Gasteiger charge is 2.14. The average Bonchev–Trinajstić information content (AvgIpc) is 2.25. The van der Waals surface area contributed by atoms with Gasteiger partial charge in [0, 0.05) is 10.7 Å². The zero-order chi connectivity index (χ0) is 13.9. The average molecular weight is 312 g/mol. The van der Waals surface area contributed by atoms with E-state index in [1.165, 1.54) is 18.2 Å². The van der Waals surface area contributed by atoms with Gasteiger partial charge in [-0.05, 0) is 18.2 Å². The van der Waals surface area contributed by atoms with Gasteiger partial charge >= 0.3 is 0 Å². The van der Waals surface area contributed by atoms with Crippen LogP contribution >= 0.6 is 22.3 Å². The fourth-order valence-corrected chi connectivity index (χ4v) is 2.12. The van der Waals surface area contributed by atoms with Crippen LogP contribution in [0.3, 0.4) is 0 Å². The lowest BCUT2D eigenvalue weighted by Crippen LogP contribution is -2.25. The standard InChI is InChI=1S/C10H11Cl2NO4S/c1-6(10(13)14)5-17-9-3-2-7(4-8(9)11)18(12,15)16/h2-4,6H,5H2,1H3,(H2,13,14). The topological polar surface area (TPSA) is 86.5 Å². The molecule has 1 unspecified atom stereocenters. The van der Waals surface area contributed by atoms with Gasteiger partial charge in [0.15, 0.2) is 0 Å². The molecule has 0 saturated carbocycles. The van der Waals surface area contributed by atoms with E-state index in [1.807, 2.05) is 0 Å². The maximum absolute atomic E-state index is 11.1. The first kappa shape index (κ1) is 15.1. The lowest BCUT2D eigenvalue weighted by atomic mass is 10.2. The third-order valence-electron chi connectivity index (χ3n) is 2.16. The SMILES string of the molecule is CC(COc1ccc(S(=O)(=O)Cl)cc1Cl)C(N)=O. The maximum Gasteiger partial charge on any atom is 0.261 e. The van der Waals surface area contributed by atoms with Crippen molar-refractivity contribution in [1.82, 2.24) is 0 Å². The first-order chi connectivity index (χ1) is 8.21. The zero-order valence-corrected chi connectivity index (χ0v) is 11.7. The Balaban J connectivity index is 2.84. The molecule has 1 aromatic carbocycles. The molecule has 5 nitrogen and oxygen atoms in total. The van der Waals surface area contributed by atoms with Crippen LogP contribution in [0.25, 0.3) is 0 Å². The number of hydrogen-bond acceptors (Lipinski definition) is 4. The third kappa shape index (κ3) is 4.04. The minimum Gasteiger partial charge on any atom is -0.491 e. The lowest BCUT2D eigenvalue weighted by molar-refractivity contribution is -0.122. The number of primary amides is 1. The van der Waals surface area contributed by atoms with Crippen LogP contribution in [-0.4, -0.2) is 20.9 Å². The van der Waals surface area contributed by atoms with Gasteiger partial charge in [-0.1, -0.05) is 18.5 Å². The Morgan fingerprint density at radius 1 is 1.50 bits per heavy atom. The first-order valence-corrected chi connectivity index (χ1v) is 7.57. The predicted octanol–water partition coefficient (Wildman–Crippen LogP) is 1.77. The van der Waals surface area contributed by atoms with Gasteiger partial charge in [-0.3, -0.25) is 4.79 Å². The van der Waals surface area contributed by atoms with Crippen molar-refractivity contribution in [2.24, 2.45) is 11.7 Å². The Bertz CT molecular complexity index is 559. The van der Waals surface area contributed by atoms with E-state index >= 15 is 0 Å². The molecule has 0 aromatic heterocycles. The Morgan fingerprint density at radius 3 is 2.56 bits per heavy atom. The molecule has 0 spiro atoms. The molecule has 1 aromatic rings. The summed E-state index contributed by atoms with van der Waals surface area (Å²) in [5.41, 5.74) is 5.07. The molecular weight excluding hydrogens is 301 g/mol. The summed E-state index contributed by atoms with van der Waals surface area (Å²) in [4.78, 5) is 10.7. The van der Waals surface area contributed by atoms with Gasteiger partial charge in [-0.25, -0.2) is 8.42 Å². The molecule has 0 fully saturated rings. The van der Waals surface area contributed by atoms with Crippen molar-refractivity contribution in [3.05, 3.63) is 23.2 Å². The largest absolute Gasteiger partial charge is 0.491 e. The van der Waals surface area contributed by atoms with Crippen molar-refractivity contribution < 1.29 is 17.9 Å². The molecule has 1 atom stereocenters. The monoisotopic (exact) mass is 311 g/mol. The summed E-state index contributed by atoms with van der Waals surface area (Å²) in [6.45, 7) is 1.66. The van der Waals surface area contributed by atoms with Gasteiger partial charge < -0.3 is 10.5 Å². The predicted molar refractivity (Wildman–Crippen MR) is 68.3 cm³/mol. The second kappa shape index (κ2) is 5.77. The van der Waals surface area contributed by atoms with E-state index in [-0.39, 0.29) is 22.3 Å². The number of halogens is 2. The van der Waals surface area contributed by atoms with E-state index in [9.17, 15) is 13.2 Å². The number of hydrogen-bond donors (Lipinski definition) is 1. The lowest BCUT2D eigenvalue weighted by Gasteiger charge is -2.11. The molecule has 0 bridgehead atoms. The summed E-state index contributed by atoms with van der Waals surface area (Å²) in [5, 5.41) is 0.0911. The normalized spacial score (nSPS) is 13.1. The summed E-state index contributed by atoms with van der Waals surface area (Å²) in [6, 6.07) is 3.80. The number of carbonyl (C=O) groups excluding carboxylic acids is 1. The van der Waals surface area contributed by atoms with Crippen molar-refractivity contribution in [3.63, 3.8) is 0 Å². The van der Waals surface area contributed by atoms with Crippen LogP contribution in [0.1, 0.15) is 6.92 Å². The molecule has 1 rings (SSSR count). The van der Waals surface area contributed by atoms with E-state index in [1.54, 1.807) is 6.92 Å². The molecular formula is C10H11Cl2NO4S.